The fourth-order valence-corrected chi connectivity index (χ4v) is 2.51. The van der Waals surface area contributed by atoms with Crippen molar-refractivity contribution in [1.29, 1.82) is 5.41 Å². The van der Waals surface area contributed by atoms with E-state index >= 15 is 0 Å². The topological polar surface area (TPSA) is 108 Å². The summed E-state index contributed by atoms with van der Waals surface area (Å²) in [5, 5.41) is 8.12. The van der Waals surface area contributed by atoms with Crippen molar-refractivity contribution in [3.05, 3.63) is 0 Å². The monoisotopic (exact) mass is 346 g/mol. The Morgan fingerprint density at radius 3 is 1.64 bits per heavy atom. The van der Waals surface area contributed by atoms with Crippen LogP contribution in [0.25, 0.3) is 0 Å². The van der Waals surface area contributed by atoms with Crippen molar-refractivity contribution in [2.75, 3.05) is 26.2 Å². The largest absolute Gasteiger partial charge is 0.388 e. The van der Waals surface area contributed by atoms with Crippen molar-refractivity contribution in [2.45, 2.75) is 45.4 Å². The second-order valence-electron chi connectivity index (χ2n) is 5.34. The standard InChI is InChI=1S/C14H30N6S2/c1-2-8-19(13(17)21)9-5-3-4-6-10-20(14(18)22)11-7-12(15)16/h2-11H2,1H3,(H3,15,16)(H2,17,21)(H2,18,22). The Kier molecular flexibility index (Phi) is 11.8. The highest BCUT2D eigenvalue weighted by Crippen LogP contribution is 2.05. The van der Waals surface area contributed by atoms with Crippen LogP contribution >= 0.6 is 24.4 Å². The minimum absolute atomic E-state index is 0.162. The van der Waals surface area contributed by atoms with Gasteiger partial charge in [0.25, 0.3) is 0 Å². The number of nitrogens with zero attached hydrogens (tertiary/aromatic N) is 2. The fourth-order valence-electron chi connectivity index (χ4n) is 2.15. The van der Waals surface area contributed by atoms with Gasteiger partial charge in [0.15, 0.2) is 10.2 Å². The molecule has 0 aromatic rings. The zero-order chi connectivity index (χ0) is 17.0. The van der Waals surface area contributed by atoms with Gasteiger partial charge in [-0.3, -0.25) is 5.41 Å². The first-order chi connectivity index (χ1) is 10.4. The van der Waals surface area contributed by atoms with E-state index in [9.17, 15) is 0 Å². The second-order valence-corrected chi connectivity index (χ2v) is 6.18. The maximum absolute atomic E-state index is 7.25. The van der Waals surface area contributed by atoms with Crippen LogP contribution < -0.4 is 17.2 Å². The summed E-state index contributed by atoms with van der Waals surface area (Å²) in [5.41, 5.74) is 16.7. The predicted molar refractivity (Wildman–Crippen MR) is 102 cm³/mol. The van der Waals surface area contributed by atoms with E-state index in [1.165, 1.54) is 0 Å². The molecular formula is C14H30N6S2. The molecule has 0 aliphatic heterocycles. The van der Waals surface area contributed by atoms with Crippen LogP contribution in [-0.2, 0) is 0 Å². The van der Waals surface area contributed by atoms with Crippen molar-refractivity contribution in [2.24, 2.45) is 17.2 Å². The minimum Gasteiger partial charge on any atom is -0.388 e. The second kappa shape index (κ2) is 12.4. The molecule has 8 heteroatoms. The Balaban J connectivity index is 3.82. The number of unbranched alkanes of at least 4 members (excludes halogenated alkanes) is 3. The molecule has 6 nitrogen and oxygen atoms in total. The molecule has 0 saturated carbocycles. The summed E-state index contributed by atoms with van der Waals surface area (Å²) in [4.78, 5) is 3.97. The van der Waals surface area contributed by atoms with Crippen molar-refractivity contribution in [3.63, 3.8) is 0 Å². The van der Waals surface area contributed by atoms with E-state index in [-0.39, 0.29) is 5.84 Å². The molecule has 0 aliphatic carbocycles. The number of nitrogens with one attached hydrogen (secondary N) is 1. The van der Waals surface area contributed by atoms with E-state index in [0.717, 1.165) is 51.7 Å². The van der Waals surface area contributed by atoms with Crippen LogP contribution in [0.1, 0.15) is 45.4 Å². The van der Waals surface area contributed by atoms with E-state index in [2.05, 4.69) is 11.8 Å². The van der Waals surface area contributed by atoms with E-state index in [4.69, 9.17) is 47.0 Å². The van der Waals surface area contributed by atoms with Gasteiger partial charge in [0.1, 0.15) is 0 Å². The van der Waals surface area contributed by atoms with E-state index in [1.54, 1.807) is 0 Å². The van der Waals surface area contributed by atoms with Crippen LogP contribution in [0.3, 0.4) is 0 Å². The Hall–Kier alpha value is -1.15. The molecule has 0 bridgehead atoms. The maximum Gasteiger partial charge on any atom is 0.166 e. The van der Waals surface area contributed by atoms with Crippen molar-refractivity contribution < 1.29 is 0 Å². The third-order valence-corrected chi connectivity index (χ3v) is 3.89. The Morgan fingerprint density at radius 2 is 1.27 bits per heavy atom. The number of hydrogen-bond donors (Lipinski definition) is 4. The van der Waals surface area contributed by atoms with E-state index < -0.39 is 0 Å². The summed E-state index contributed by atoms with van der Waals surface area (Å²) in [6.07, 6.45) is 5.89. The minimum atomic E-state index is 0.162. The van der Waals surface area contributed by atoms with Crippen LogP contribution in [0.15, 0.2) is 0 Å². The lowest BCUT2D eigenvalue weighted by molar-refractivity contribution is 0.387. The molecule has 0 aromatic heterocycles. The lowest BCUT2D eigenvalue weighted by atomic mass is 10.1. The highest BCUT2D eigenvalue weighted by atomic mass is 32.1. The molecule has 22 heavy (non-hydrogen) atoms. The van der Waals surface area contributed by atoms with Crippen LogP contribution in [-0.4, -0.2) is 52.0 Å². The maximum atomic E-state index is 7.25. The molecule has 0 heterocycles. The van der Waals surface area contributed by atoms with Gasteiger partial charge < -0.3 is 27.0 Å². The third-order valence-electron chi connectivity index (χ3n) is 3.37. The van der Waals surface area contributed by atoms with Gasteiger partial charge in [-0.2, -0.15) is 0 Å². The quantitative estimate of drug-likeness (QED) is 0.183. The zero-order valence-electron chi connectivity index (χ0n) is 13.5. The van der Waals surface area contributed by atoms with Crippen molar-refractivity contribution >= 4 is 40.5 Å². The molecule has 0 aliphatic rings. The molecule has 0 atom stereocenters. The first-order valence-electron chi connectivity index (χ1n) is 7.80. The van der Waals surface area contributed by atoms with Gasteiger partial charge in [0.2, 0.25) is 0 Å². The normalized spacial score (nSPS) is 10.2. The average molecular weight is 347 g/mol. The Labute approximate surface area is 144 Å². The molecule has 7 N–H and O–H groups in total. The average Bonchev–Trinajstić information content (AvgIpc) is 2.43. The van der Waals surface area contributed by atoms with Crippen LogP contribution in [0, 0.1) is 5.41 Å². The van der Waals surface area contributed by atoms with Crippen molar-refractivity contribution in [1.82, 2.24) is 9.80 Å². The first-order valence-corrected chi connectivity index (χ1v) is 8.61. The lowest BCUT2D eigenvalue weighted by Crippen LogP contribution is -2.38. The molecule has 0 spiro atoms. The van der Waals surface area contributed by atoms with E-state index in [0.29, 0.717) is 23.2 Å². The van der Waals surface area contributed by atoms with Crippen LogP contribution in [0.4, 0.5) is 0 Å². The lowest BCUT2D eigenvalue weighted by Gasteiger charge is -2.23. The molecule has 0 aromatic carbocycles. The molecule has 0 fully saturated rings. The molecule has 0 rings (SSSR count). The number of rotatable bonds is 12. The Bertz CT molecular complexity index is 361. The summed E-state index contributed by atoms with van der Waals surface area (Å²) >= 11 is 10.1. The molecule has 0 radical (unpaired) electrons. The smallest absolute Gasteiger partial charge is 0.166 e. The number of nitrogens with two attached hydrogens (primary N) is 3. The SMILES string of the molecule is CCCN(CCCCCCN(CCC(=N)N)C(N)=S)C(N)=S. The summed E-state index contributed by atoms with van der Waals surface area (Å²) in [5.74, 6) is 0.162. The Morgan fingerprint density at radius 1 is 0.818 bits per heavy atom. The summed E-state index contributed by atoms with van der Waals surface area (Å²) in [7, 11) is 0. The molecule has 0 saturated heterocycles. The van der Waals surface area contributed by atoms with Crippen LogP contribution in [0.2, 0.25) is 0 Å². The van der Waals surface area contributed by atoms with Gasteiger partial charge in [-0.05, 0) is 43.7 Å². The van der Waals surface area contributed by atoms with Gasteiger partial charge in [-0.15, -0.1) is 0 Å². The third kappa shape index (κ3) is 10.6. The highest BCUT2D eigenvalue weighted by molar-refractivity contribution is 7.80. The van der Waals surface area contributed by atoms with Gasteiger partial charge in [0, 0.05) is 32.6 Å². The van der Waals surface area contributed by atoms with Crippen LogP contribution in [0.5, 0.6) is 0 Å². The zero-order valence-corrected chi connectivity index (χ0v) is 15.1. The molecule has 128 valence electrons. The first kappa shape index (κ1) is 20.9. The molecule has 0 unspecified atom stereocenters. The number of hydrogen-bond acceptors (Lipinski definition) is 3. The summed E-state index contributed by atoms with van der Waals surface area (Å²) in [6.45, 7) is 5.41. The highest BCUT2D eigenvalue weighted by Gasteiger charge is 2.07. The van der Waals surface area contributed by atoms with Gasteiger partial charge in [0.05, 0.1) is 5.84 Å². The molecule has 0 amide bonds. The summed E-state index contributed by atoms with van der Waals surface area (Å²) < 4.78 is 0. The molecular weight excluding hydrogens is 316 g/mol. The van der Waals surface area contributed by atoms with Gasteiger partial charge in [-0.25, -0.2) is 0 Å². The number of thiocarbonyl (C=S) groups is 2. The van der Waals surface area contributed by atoms with E-state index in [1.807, 2.05) is 4.90 Å². The number of amidine groups is 1. The predicted octanol–water partition coefficient (Wildman–Crippen LogP) is 1.37. The fraction of sp³-hybridized carbons (Fsp3) is 0.786. The van der Waals surface area contributed by atoms with Gasteiger partial charge >= 0.3 is 0 Å². The van der Waals surface area contributed by atoms with Gasteiger partial charge in [-0.1, -0.05) is 19.8 Å². The summed E-state index contributed by atoms with van der Waals surface area (Å²) in [6, 6.07) is 0. The van der Waals surface area contributed by atoms with Crippen molar-refractivity contribution in [3.8, 4) is 0 Å².